The van der Waals surface area contributed by atoms with Gasteiger partial charge in [-0.1, -0.05) is 6.07 Å². The summed E-state index contributed by atoms with van der Waals surface area (Å²) in [5, 5.41) is 3.48. The molecule has 18 heavy (non-hydrogen) atoms. The van der Waals surface area contributed by atoms with Crippen LogP contribution in [0.1, 0.15) is 31.2 Å². The van der Waals surface area contributed by atoms with Crippen molar-refractivity contribution in [3.05, 3.63) is 23.8 Å². The molecule has 0 bridgehead atoms. The first-order valence-electron chi connectivity index (χ1n) is 7.01. The third kappa shape index (κ3) is 2.78. The Bertz CT molecular complexity index is 399. The predicted molar refractivity (Wildman–Crippen MR) is 71.1 cm³/mol. The first-order valence-corrected chi connectivity index (χ1v) is 7.01. The number of fused-ring (bicyclic) bond motifs is 1. The molecule has 0 amide bonds. The van der Waals surface area contributed by atoms with Gasteiger partial charge in [-0.15, -0.1) is 0 Å². The molecule has 2 aliphatic heterocycles. The molecule has 0 radical (unpaired) electrons. The van der Waals surface area contributed by atoms with Gasteiger partial charge in [-0.2, -0.15) is 0 Å². The molecule has 3 heteroatoms. The number of benzene rings is 1. The Morgan fingerprint density at radius 2 is 2.17 bits per heavy atom. The van der Waals surface area contributed by atoms with Crippen molar-refractivity contribution in [1.29, 1.82) is 0 Å². The lowest BCUT2D eigenvalue weighted by molar-refractivity contribution is 0.174. The van der Waals surface area contributed by atoms with Gasteiger partial charge < -0.3 is 14.8 Å². The highest BCUT2D eigenvalue weighted by molar-refractivity contribution is 5.44. The fraction of sp³-hybridized carbons (Fsp3) is 0.600. The van der Waals surface area contributed by atoms with Crippen LogP contribution in [0.15, 0.2) is 18.2 Å². The van der Waals surface area contributed by atoms with Crippen LogP contribution in [0.3, 0.4) is 0 Å². The summed E-state index contributed by atoms with van der Waals surface area (Å²) >= 11 is 0. The fourth-order valence-corrected chi connectivity index (χ4v) is 2.86. The zero-order valence-electron chi connectivity index (χ0n) is 10.8. The second-order valence-corrected chi connectivity index (χ2v) is 5.29. The van der Waals surface area contributed by atoms with Gasteiger partial charge in [-0.25, -0.2) is 0 Å². The largest absolute Gasteiger partial charge is 0.454 e. The Morgan fingerprint density at radius 3 is 3.06 bits per heavy atom. The number of ether oxygens (including phenoxy) is 2. The normalized spacial score (nSPS) is 22.1. The van der Waals surface area contributed by atoms with E-state index < -0.39 is 0 Å². The monoisotopic (exact) mass is 247 g/mol. The summed E-state index contributed by atoms with van der Waals surface area (Å²) in [6.07, 6.45) is 6.49. The molecular weight excluding hydrogens is 226 g/mol. The molecule has 0 spiro atoms. The zero-order valence-corrected chi connectivity index (χ0v) is 10.8. The van der Waals surface area contributed by atoms with Crippen molar-refractivity contribution in [2.45, 2.75) is 32.1 Å². The maximum Gasteiger partial charge on any atom is 0.231 e. The van der Waals surface area contributed by atoms with Gasteiger partial charge in [-0.05, 0) is 68.8 Å². The minimum Gasteiger partial charge on any atom is -0.454 e. The number of aryl methyl sites for hydroxylation is 1. The smallest absolute Gasteiger partial charge is 0.231 e. The summed E-state index contributed by atoms with van der Waals surface area (Å²) in [7, 11) is 0. The SMILES string of the molecule is c1cc2c(cc1CCCC1CCCNC1)OCO2. The van der Waals surface area contributed by atoms with E-state index >= 15 is 0 Å². The quantitative estimate of drug-likeness (QED) is 0.887. The van der Waals surface area contributed by atoms with Crippen molar-refractivity contribution in [1.82, 2.24) is 5.32 Å². The lowest BCUT2D eigenvalue weighted by Gasteiger charge is -2.22. The van der Waals surface area contributed by atoms with Crippen LogP contribution in [0.2, 0.25) is 0 Å². The molecule has 0 aromatic heterocycles. The molecule has 1 atom stereocenters. The lowest BCUT2D eigenvalue weighted by Crippen LogP contribution is -2.29. The van der Waals surface area contributed by atoms with Crippen LogP contribution in [-0.2, 0) is 6.42 Å². The highest BCUT2D eigenvalue weighted by Gasteiger charge is 2.14. The Labute approximate surface area is 108 Å². The van der Waals surface area contributed by atoms with E-state index in [-0.39, 0.29) is 0 Å². The highest BCUT2D eigenvalue weighted by Crippen LogP contribution is 2.33. The molecule has 1 unspecified atom stereocenters. The fourth-order valence-electron chi connectivity index (χ4n) is 2.86. The topological polar surface area (TPSA) is 30.5 Å². The van der Waals surface area contributed by atoms with E-state index in [2.05, 4.69) is 17.4 Å². The molecule has 2 aliphatic rings. The van der Waals surface area contributed by atoms with Gasteiger partial charge in [-0.3, -0.25) is 0 Å². The molecule has 1 aromatic carbocycles. The number of hydrogen-bond donors (Lipinski definition) is 1. The molecule has 0 aliphatic carbocycles. The summed E-state index contributed by atoms with van der Waals surface area (Å²) in [5.74, 6) is 2.68. The highest BCUT2D eigenvalue weighted by atomic mass is 16.7. The second-order valence-electron chi connectivity index (χ2n) is 5.29. The van der Waals surface area contributed by atoms with Gasteiger partial charge in [0.25, 0.3) is 0 Å². The van der Waals surface area contributed by atoms with Crippen LogP contribution in [0, 0.1) is 5.92 Å². The van der Waals surface area contributed by atoms with Gasteiger partial charge in [0.05, 0.1) is 0 Å². The molecule has 1 fully saturated rings. The molecule has 1 N–H and O–H groups in total. The maximum absolute atomic E-state index is 5.40. The van der Waals surface area contributed by atoms with Gasteiger partial charge in [0.1, 0.15) is 0 Å². The first kappa shape index (κ1) is 11.8. The van der Waals surface area contributed by atoms with Crippen molar-refractivity contribution in [3.8, 4) is 11.5 Å². The van der Waals surface area contributed by atoms with Crippen LogP contribution >= 0.6 is 0 Å². The zero-order chi connectivity index (χ0) is 12.2. The summed E-state index contributed by atoms with van der Waals surface area (Å²) in [6, 6.07) is 6.31. The summed E-state index contributed by atoms with van der Waals surface area (Å²) < 4.78 is 10.7. The van der Waals surface area contributed by atoms with Gasteiger partial charge in [0.2, 0.25) is 6.79 Å². The van der Waals surface area contributed by atoms with Gasteiger partial charge in [0, 0.05) is 0 Å². The lowest BCUT2D eigenvalue weighted by atomic mass is 9.93. The minimum atomic E-state index is 0.368. The van der Waals surface area contributed by atoms with Gasteiger partial charge >= 0.3 is 0 Å². The van der Waals surface area contributed by atoms with Crippen molar-refractivity contribution >= 4 is 0 Å². The minimum absolute atomic E-state index is 0.368. The third-order valence-electron chi connectivity index (χ3n) is 3.91. The van der Waals surface area contributed by atoms with Crippen LogP contribution in [-0.4, -0.2) is 19.9 Å². The van der Waals surface area contributed by atoms with Crippen LogP contribution in [0.5, 0.6) is 11.5 Å². The third-order valence-corrected chi connectivity index (χ3v) is 3.91. The van der Waals surface area contributed by atoms with E-state index in [1.54, 1.807) is 0 Å². The van der Waals surface area contributed by atoms with E-state index in [1.165, 1.54) is 44.3 Å². The molecule has 3 nitrogen and oxygen atoms in total. The van der Waals surface area contributed by atoms with Crippen molar-refractivity contribution < 1.29 is 9.47 Å². The molecule has 0 saturated carbocycles. The maximum atomic E-state index is 5.40. The standard InChI is InChI=1S/C15H21NO2/c1(4-13-5-2-8-16-10-13)3-12-6-7-14-15(9-12)18-11-17-14/h6-7,9,13,16H,1-5,8,10-11H2. The van der Waals surface area contributed by atoms with Crippen molar-refractivity contribution in [2.24, 2.45) is 5.92 Å². The van der Waals surface area contributed by atoms with E-state index in [4.69, 9.17) is 9.47 Å². The van der Waals surface area contributed by atoms with Crippen LogP contribution < -0.4 is 14.8 Å². The van der Waals surface area contributed by atoms with E-state index in [0.717, 1.165) is 23.8 Å². The van der Waals surface area contributed by atoms with Crippen molar-refractivity contribution in [3.63, 3.8) is 0 Å². The van der Waals surface area contributed by atoms with E-state index in [1.807, 2.05) is 6.07 Å². The number of hydrogen-bond acceptors (Lipinski definition) is 3. The first-order chi connectivity index (χ1) is 8.92. The Morgan fingerprint density at radius 1 is 1.22 bits per heavy atom. The molecular formula is C15H21NO2. The molecule has 98 valence electrons. The van der Waals surface area contributed by atoms with Crippen LogP contribution in [0.4, 0.5) is 0 Å². The number of rotatable bonds is 4. The summed E-state index contributed by atoms with van der Waals surface area (Å²) in [6.45, 7) is 2.78. The Hall–Kier alpha value is -1.22. The number of piperidine rings is 1. The number of nitrogens with one attached hydrogen (secondary N) is 1. The Balaban J connectivity index is 1.48. The molecule has 1 saturated heterocycles. The summed E-state index contributed by atoms with van der Waals surface area (Å²) in [4.78, 5) is 0. The molecule has 3 rings (SSSR count). The Kier molecular flexibility index (Phi) is 3.69. The van der Waals surface area contributed by atoms with Crippen LogP contribution in [0.25, 0.3) is 0 Å². The second kappa shape index (κ2) is 5.61. The predicted octanol–water partition coefficient (Wildman–Crippen LogP) is 2.74. The summed E-state index contributed by atoms with van der Waals surface area (Å²) in [5.41, 5.74) is 1.36. The average molecular weight is 247 g/mol. The average Bonchev–Trinajstić information content (AvgIpc) is 2.87. The van der Waals surface area contributed by atoms with E-state index in [0.29, 0.717) is 6.79 Å². The molecule has 1 aromatic rings. The molecule has 2 heterocycles. The van der Waals surface area contributed by atoms with Gasteiger partial charge in [0.15, 0.2) is 11.5 Å². The van der Waals surface area contributed by atoms with E-state index in [9.17, 15) is 0 Å². The van der Waals surface area contributed by atoms with Crippen molar-refractivity contribution in [2.75, 3.05) is 19.9 Å².